The molecule has 0 aliphatic carbocycles. The molecule has 9 heteroatoms. The summed E-state index contributed by atoms with van der Waals surface area (Å²) in [5.41, 5.74) is 6.53. The van der Waals surface area contributed by atoms with Crippen LogP contribution in [0.2, 0.25) is 0 Å². The second-order valence-electron chi connectivity index (χ2n) is 8.09. The molecule has 3 aromatic rings. The van der Waals surface area contributed by atoms with E-state index in [0.29, 0.717) is 5.71 Å². The number of benzene rings is 3. The van der Waals surface area contributed by atoms with Gasteiger partial charge in [0, 0.05) is 17.3 Å². The first-order valence-electron chi connectivity index (χ1n) is 10.5. The minimum atomic E-state index is -0.782. The number of carbonyl (C=O) groups excluding carboxylic acids is 2. The lowest BCUT2D eigenvalue weighted by molar-refractivity contribution is -0.385. The van der Waals surface area contributed by atoms with Crippen LogP contribution in [0, 0.1) is 24.0 Å². The molecule has 0 saturated carbocycles. The van der Waals surface area contributed by atoms with Gasteiger partial charge in [-0.2, -0.15) is 5.10 Å². The van der Waals surface area contributed by atoms with E-state index in [4.69, 9.17) is 0 Å². The molecule has 1 unspecified atom stereocenters. The Morgan fingerprint density at radius 2 is 1.82 bits per heavy atom. The molecule has 1 aliphatic rings. The first-order chi connectivity index (χ1) is 16.2. The van der Waals surface area contributed by atoms with Crippen LogP contribution in [0.3, 0.4) is 0 Å². The maximum atomic E-state index is 13.5. The number of phenolic OH excluding ortho intramolecular Hbond substituents is 1. The number of hydrogen-bond donors (Lipinski definition) is 2. The summed E-state index contributed by atoms with van der Waals surface area (Å²) in [4.78, 5) is 37.9. The van der Waals surface area contributed by atoms with E-state index in [9.17, 15) is 24.8 Å². The lowest BCUT2D eigenvalue weighted by Gasteiger charge is -2.19. The van der Waals surface area contributed by atoms with Crippen LogP contribution in [0.15, 0.2) is 65.8 Å². The van der Waals surface area contributed by atoms with Crippen molar-refractivity contribution in [1.82, 2.24) is 5.43 Å². The summed E-state index contributed by atoms with van der Waals surface area (Å²) in [6.45, 7) is 5.63. The highest BCUT2D eigenvalue weighted by molar-refractivity contribution is 6.21. The van der Waals surface area contributed by atoms with E-state index >= 15 is 0 Å². The number of aryl methyl sites for hydroxylation is 2. The topological polar surface area (TPSA) is 125 Å². The summed E-state index contributed by atoms with van der Waals surface area (Å²) >= 11 is 0. The van der Waals surface area contributed by atoms with Gasteiger partial charge in [-0.3, -0.25) is 24.6 Å². The Bertz CT molecular complexity index is 1370. The average Bonchev–Trinajstić information content (AvgIpc) is 3.11. The monoisotopic (exact) mass is 458 g/mol. The van der Waals surface area contributed by atoms with E-state index in [-0.39, 0.29) is 11.5 Å². The second-order valence-corrected chi connectivity index (χ2v) is 8.09. The quantitative estimate of drug-likeness (QED) is 0.331. The maximum absolute atomic E-state index is 13.5. The third-order valence-corrected chi connectivity index (χ3v) is 5.89. The SMILES string of the molecule is CC(=NNC(=O)c1ccc(O)c([N+](=O)[O-])c1)C1C(=O)N(c2ccc(C)c(C)c2)c2ccccc21. The van der Waals surface area contributed by atoms with Gasteiger partial charge < -0.3 is 5.11 Å². The van der Waals surface area contributed by atoms with Crippen molar-refractivity contribution in [1.29, 1.82) is 0 Å². The van der Waals surface area contributed by atoms with Crippen molar-refractivity contribution in [2.24, 2.45) is 5.10 Å². The molecule has 2 N–H and O–H groups in total. The van der Waals surface area contributed by atoms with Crippen molar-refractivity contribution in [2.75, 3.05) is 4.90 Å². The van der Waals surface area contributed by atoms with Crippen LogP contribution in [0.5, 0.6) is 5.75 Å². The number of rotatable bonds is 5. The molecule has 0 radical (unpaired) electrons. The molecular formula is C25H22N4O5. The number of nitro benzene ring substituents is 1. The highest BCUT2D eigenvalue weighted by Gasteiger charge is 2.39. The van der Waals surface area contributed by atoms with E-state index in [0.717, 1.165) is 40.2 Å². The largest absolute Gasteiger partial charge is 0.502 e. The highest BCUT2D eigenvalue weighted by atomic mass is 16.6. The van der Waals surface area contributed by atoms with Crippen LogP contribution >= 0.6 is 0 Å². The fourth-order valence-electron chi connectivity index (χ4n) is 3.93. The summed E-state index contributed by atoms with van der Waals surface area (Å²) in [6, 6.07) is 16.5. The van der Waals surface area contributed by atoms with Gasteiger partial charge in [-0.15, -0.1) is 0 Å². The van der Waals surface area contributed by atoms with Gasteiger partial charge in [0.1, 0.15) is 5.92 Å². The highest BCUT2D eigenvalue weighted by Crippen LogP contribution is 2.42. The van der Waals surface area contributed by atoms with Gasteiger partial charge in [0.05, 0.1) is 16.3 Å². The standard InChI is InChI=1S/C25H22N4O5/c1-14-8-10-18(12-15(14)2)28-20-7-5-4-6-19(20)23(25(28)32)16(3)26-27-24(31)17-9-11-22(30)21(13-17)29(33)34/h4-13,23,30H,1-3H3,(H,27,31). The minimum Gasteiger partial charge on any atom is -0.502 e. The second kappa shape index (κ2) is 8.78. The summed E-state index contributed by atoms with van der Waals surface area (Å²) < 4.78 is 0. The molecule has 3 aromatic carbocycles. The van der Waals surface area contributed by atoms with E-state index in [1.54, 1.807) is 11.8 Å². The molecule has 172 valence electrons. The summed E-state index contributed by atoms with van der Waals surface area (Å²) in [6.07, 6.45) is 0. The van der Waals surface area contributed by atoms with Gasteiger partial charge in [-0.05, 0) is 67.8 Å². The number of nitrogens with one attached hydrogen (secondary N) is 1. The Labute approximate surface area is 195 Å². The van der Waals surface area contributed by atoms with Gasteiger partial charge in [0.2, 0.25) is 5.91 Å². The fourth-order valence-corrected chi connectivity index (χ4v) is 3.93. The zero-order valence-electron chi connectivity index (χ0n) is 18.8. The van der Waals surface area contributed by atoms with Gasteiger partial charge in [0.25, 0.3) is 5.91 Å². The molecule has 1 atom stereocenters. The molecular weight excluding hydrogens is 436 g/mol. The van der Waals surface area contributed by atoms with E-state index in [1.807, 2.05) is 56.3 Å². The molecule has 1 aliphatic heterocycles. The minimum absolute atomic E-state index is 0.0454. The third kappa shape index (κ3) is 3.99. The van der Waals surface area contributed by atoms with Crippen molar-refractivity contribution in [2.45, 2.75) is 26.7 Å². The summed E-state index contributed by atoms with van der Waals surface area (Å²) in [7, 11) is 0. The number of fused-ring (bicyclic) bond motifs is 1. The Kier molecular flexibility index (Phi) is 5.85. The maximum Gasteiger partial charge on any atom is 0.311 e. The fraction of sp³-hybridized carbons (Fsp3) is 0.160. The number of nitro groups is 1. The van der Waals surface area contributed by atoms with Gasteiger partial charge in [-0.1, -0.05) is 24.3 Å². The molecule has 0 saturated heterocycles. The number of phenols is 1. The first kappa shape index (κ1) is 22.7. The van der Waals surface area contributed by atoms with Crippen LogP contribution in [0.4, 0.5) is 17.1 Å². The molecule has 0 fully saturated rings. The van der Waals surface area contributed by atoms with Crippen LogP contribution in [0.25, 0.3) is 0 Å². The average molecular weight is 458 g/mol. The van der Waals surface area contributed by atoms with Gasteiger partial charge in [-0.25, -0.2) is 5.43 Å². The van der Waals surface area contributed by atoms with Gasteiger partial charge in [0.15, 0.2) is 5.75 Å². The smallest absolute Gasteiger partial charge is 0.311 e. The molecule has 4 rings (SSSR count). The van der Waals surface area contributed by atoms with Crippen molar-refractivity contribution in [3.63, 3.8) is 0 Å². The van der Waals surface area contributed by atoms with Gasteiger partial charge >= 0.3 is 5.69 Å². The predicted octanol–water partition coefficient (Wildman–Crippen LogP) is 4.49. The number of anilines is 2. The molecule has 0 bridgehead atoms. The van der Waals surface area contributed by atoms with Crippen LogP contribution < -0.4 is 10.3 Å². The molecule has 34 heavy (non-hydrogen) atoms. The Morgan fingerprint density at radius 3 is 2.53 bits per heavy atom. The molecule has 1 heterocycles. The van der Waals surface area contributed by atoms with Crippen molar-refractivity contribution < 1.29 is 19.6 Å². The van der Waals surface area contributed by atoms with E-state index in [1.165, 1.54) is 6.07 Å². The third-order valence-electron chi connectivity index (χ3n) is 5.89. The normalized spacial score (nSPS) is 15.3. The molecule has 0 spiro atoms. The number of amides is 2. The summed E-state index contributed by atoms with van der Waals surface area (Å²) in [5, 5.41) is 24.7. The number of carbonyl (C=O) groups is 2. The molecule has 9 nitrogen and oxygen atoms in total. The predicted molar refractivity (Wildman–Crippen MR) is 128 cm³/mol. The number of para-hydroxylation sites is 1. The Morgan fingerprint density at radius 1 is 1.09 bits per heavy atom. The van der Waals surface area contributed by atoms with Crippen LogP contribution in [-0.4, -0.2) is 27.6 Å². The number of aromatic hydroxyl groups is 1. The molecule has 0 aromatic heterocycles. The lowest BCUT2D eigenvalue weighted by Crippen LogP contribution is -2.29. The zero-order chi connectivity index (χ0) is 24.6. The number of nitrogens with zero attached hydrogens (tertiary/aromatic N) is 3. The van der Waals surface area contributed by atoms with Crippen molar-refractivity contribution in [3.05, 3.63) is 93.0 Å². The number of hydrazone groups is 1. The van der Waals surface area contributed by atoms with E-state index < -0.39 is 28.2 Å². The van der Waals surface area contributed by atoms with Crippen molar-refractivity contribution in [3.8, 4) is 5.75 Å². The Hall–Kier alpha value is -4.53. The first-order valence-corrected chi connectivity index (χ1v) is 10.5. The zero-order valence-corrected chi connectivity index (χ0v) is 18.8. The summed E-state index contributed by atoms with van der Waals surface area (Å²) in [5.74, 6) is -2.14. The lowest BCUT2D eigenvalue weighted by atomic mass is 9.96. The molecule has 2 amide bonds. The van der Waals surface area contributed by atoms with Crippen molar-refractivity contribution >= 4 is 34.6 Å². The van der Waals surface area contributed by atoms with E-state index in [2.05, 4.69) is 10.5 Å². The number of hydrogen-bond acceptors (Lipinski definition) is 6. The van der Waals surface area contributed by atoms with Crippen LogP contribution in [-0.2, 0) is 4.79 Å². The van der Waals surface area contributed by atoms with Crippen LogP contribution in [0.1, 0.15) is 39.9 Å². The Balaban J connectivity index is 1.63.